The molecule has 1 fully saturated rings. The number of unbranched alkanes of at least 4 members (excludes halogenated alkanes) is 8. The monoisotopic (exact) mass is 417 g/mol. The minimum absolute atomic E-state index is 0.0956. The van der Waals surface area contributed by atoms with E-state index in [9.17, 15) is 9.59 Å². The molecule has 0 N–H and O–H groups in total. The molecule has 5 nitrogen and oxygen atoms in total. The molecule has 5 heteroatoms. The van der Waals surface area contributed by atoms with Crippen molar-refractivity contribution in [1.82, 2.24) is 4.90 Å². The van der Waals surface area contributed by atoms with Crippen LogP contribution in [0.15, 0.2) is 30.3 Å². The highest BCUT2D eigenvalue weighted by molar-refractivity contribution is 5.73. The highest BCUT2D eigenvalue weighted by Crippen LogP contribution is 2.20. The molecule has 1 aliphatic heterocycles. The van der Waals surface area contributed by atoms with Crippen LogP contribution in [-0.2, 0) is 20.9 Å². The maximum absolute atomic E-state index is 12.3. The van der Waals surface area contributed by atoms with Crippen molar-refractivity contribution < 1.29 is 19.1 Å². The van der Waals surface area contributed by atoms with Gasteiger partial charge in [0.05, 0.1) is 12.5 Å². The van der Waals surface area contributed by atoms with Gasteiger partial charge in [-0.1, -0.05) is 88.6 Å². The molecule has 1 aromatic carbocycles. The van der Waals surface area contributed by atoms with E-state index in [1.807, 2.05) is 30.3 Å². The van der Waals surface area contributed by atoms with Crippen LogP contribution in [0.3, 0.4) is 0 Å². The third-order valence-corrected chi connectivity index (χ3v) is 5.78. The molecule has 0 bridgehead atoms. The molecule has 0 radical (unpaired) electrons. The van der Waals surface area contributed by atoms with Crippen LogP contribution >= 0.6 is 0 Å². The number of piperidine rings is 1. The zero-order valence-electron chi connectivity index (χ0n) is 18.7. The van der Waals surface area contributed by atoms with Crippen molar-refractivity contribution in [2.24, 2.45) is 5.92 Å². The second-order valence-electron chi connectivity index (χ2n) is 8.30. The van der Waals surface area contributed by atoms with Crippen molar-refractivity contribution in [2.75, 3.05) is 19.7 Å². The molecule has 0 aromatic heterocycles. The zero-order chi connectivity index (χ0) is 21.4. The summed E-state index contributed by atoms with van der Waals surface area (Å²) in [6.07, 6.45) is 12.3. The van der Waals surface area contributed by atoms with Gasteiger partial charge in [0.1, 0.15) is 6.61 Å². The summed E-state index contributed by atoms with van der Waals surface area (Å²) in [7, 11) is 0. The number of hydrogen-bond donors (Lipinski definition) is 0. The Bertz CT molecular complexity index is 596. The standard InChI is InChI=1S/C25H39NO4/c1-2-3-4-5-6-7-8-9-13-20-29-24(27)23-16-18-26(19-17-23)25(28)30-21-22-14-11-10-12-15-22/h10-12,14-15,23H,2-9,13,16-21H2,1H3. The van der Waals surface area contributed by atoms with Crippen LogP contribution in [0.5, 0.6) is 0 Å². The number of benzene rings is 1. The number of nitrogens with zero attached hydrogens (tertiary/aromatic N) is 1. The predicted molar refractivity (Wildman–Crippen MR) is 119 cm³/mol. The van der Waals surface area contributed by atoms with E-state index in [1.165, 1.54) is 44.9 Å². The molecule has 1 heterocycles. The fourth-order valence-corrected chi connectivity index (χ4v) is 3.81. The Hall–Kier alpha value is -2.04. The topological polar surface area (TPSA) is 55.8 Å². The van der Waals surface area contributed by atoms with Gasteiger partial charge in [-0.2, -0.15) is 0 Å². The number of esters is 1. The Morgan fingerprint density at radius 3 is 2.10 bits per heavy atom. The molecular weight excluding hydrogens is 378 g/mol. The lowest BCUT2D eigenvalue weighted by Gasteiger charge is -2.30. The van der Waals surface area contributed by atoms with E-state index in [2.05, 4.69) is 6.92 Å². The van der Waals surface area contributed by atoms with Gasteiger partial charge in [-0.25, -0.2) is 4.79 Å². The van der Waals surface area contributed by atoms with E-state index >= 15 is 0 Å². The average molecular weight is 418 g/mol. The van der Waals surface area contributed by atoms with Crippen molar-refractivity contribution in [3.05, 3.63) is 35.9 Å². The van der Waals surface area contributed by atoms with Crippen molar-refractivity contribution in [2.45, 2.75) is 84.2 Å². The smallest absolute Gasteiger partial charge is 0.410 e. The lowest BCUT2D eigenvalue weighted by Crippen LogP contribution is -2.40. The van der Waals surface area contributed by atoms with Gasteiger partial charge in [0, 0.05) is 13.1 Å². The molecule has 0 unspecified atom stereocenters. The van der Waals surface area contributed by atoms with Crippen LogP contribution in [-0.4, -0.2) is 36.7 Å². The molecule has 0 aliphatic carbocycles. The number of likely N-dealkylation sites (tertiary alicyclic amines) is 1. The summed E-state index contributed by atoms with van der Waals surface area (Å²) in [5.41, 5.74) is 0.973. The van der Waals surface area contributed by atoms with Gasteiger partial charge in [-0.3, -0.25) is 4.79 Å². The van der Waals surface area contributed by atoms with Gasteiger partial charge < -0.3 is 14.4 Å². The number of amides is 1. The molecule has 168 valence electrons. The third-order valence-electron chi connectivity index (χ3n) is 5.78. The first-order chi connectivity index (χ1) is 14.7. The van der Waals surface area contributed by atoms with Crippen molar-refractivity contribution >= 4 is 12.1 Å². The van der Waals surface area contributed by atoms with Gasteiger partial charge in [0.25, 0.3) is 0 Å². The number of rotatable bonds is 13. The Balaban J connectivity index is 1.49. The normalized spacial score (nSPS) is 14.5. The van der Waals surface area contributed by atoms with Gasteiger partial charge in [-0.05, 0) is 24.8 Å². The molecule has 1 aliphatic rings. The van der Waals surface area contributed by atoms with Crippen molar-refractivity contribution in [3.8, 4) is 0 Å². The summed E-state index contributed by atoms with van der Waals surface area (Å²) in [5.74, 6) is -0.200. The number of hydrogen-bond acceptors (Lipinski definition) is 4. The highest BCUT2D eigenvalue weighted by Gasteiger charge is 2.29. The van der Waals surface area contributed by atoms with Crippen LogP contribution in [0.1, 0.15) is 83.1 Å². The van der Waals surface area contributed by atoms with Gasteiger partial charge in [0.15, 0.2) is 0 Å². The Kier molecular flexibility index (Phi) is 12.0. The van der Waals surface area contributed by atoms with E-state index in [4.69, 9.17) is 9.47 Å². The maximum atomic E-state index is 12.3. The summed E-state index contributed by atoms with van der Waals surface area (Å²) in [6.45, 7) is 4.14. The lowest BCUT2D eigenvalue weighted by atomic mass is 9.97. The third kappa shape index (κ3) is 9.64. The Labute approximate surface area is 182 Å². The van der Waals surface area contributed by atoms with E-state index in [1.54, 1.807) is 4.90 Å². The van der Waals surface area contributed by atoms with Crippen LogP contribution in [0, 0.1) is 5.92 Å². The van der Waals surface area contributed by atoms with Crippen LogP contribution in [0.4, 0.5) is 4.79 Å². The number of carbonyl (C=O) groups is 2. The first-order valence-electron chi connectivity index (χ1n) is 11.8. The molecule has 1 aromatic rings. The lowest BCUT2D eigenvalue weighted by molar-refractivity contribution is -0.150. The largest absolute Gasteiger partial charge is 0.465 e. The van der Waals surface area contributed by atoms with E-state index in [0.717, 1.165) is 18.4 Å². The molecule has 0 spiro atoms. The van der Waals surface area contributed by atoms with Gasteiger partial charge in [-0.15, -0.1) is 0 Å². The summed E-state index contributed by atoms with van der Waals surface area (Å²) in [6, 6.07) is 9.65. The van der Waals surface area contributed by atoms with E-state index < -0.39 is 0 Å². The van der Waals surface area contributed by atoms with Crippen molar-refractivity contribution in [1.29, 1.82) is 0 Å². The molecule has 0 saturated carbocycles. The second kappa shape index (κ2) is 14.9. The fourth-order valence-electron chi connectivity index (χ4n) is 3.81. The molecule has 2 rings (SSSR count). The Morgan fingerprint density at radius 1 is 0.867 bits per heavy atom. The molecule has 30 heavy (non-hydrogen) atoms. The number of ether oxygens (including phenoxy) is 2. The van der Waals surface area contributed by atoms with Crippen LogP contribution in [0.2, 0.25) is 0 Å². The maximum Gasteiger partial charge on any atom is 0.410 e. The second-order valence-corrected chi connectivity index (χ2v) is 8.30. The van der Waals surface area contributed by atoms with Gasteiger partial charge in [0.2, 0.25) is 0 Å². The summed E-state index contributed by atoms with van der Waals surface area (Å²) >= 11 is 0. The SMILES string of the molecule is CCCCCCCCCCCOC(=O)C1CCN(C(=O)OCc2ccccc2)CC1. The first-order valence-corrected chi connectivity index (χ1v) is 11.8. The molecular formula is C25H39NO4. The summed E-state index contributed by atoms with van der Waals surface area (Å²) < 4.78 is 10.8. The highest BCUT2D eigenvalue weighted by atomic mass is 16.6. The van der Waals surface area contributed by atoms with Crippen LogP contribution < -0.4 is 0 Å². The average Bonchev–Trinajstić information content (AvgIpc) is 2.79. The molecule has 1 amide bonds. The first kappa shape index (κ1) is 24.2. The van der Waals surface area contributed by atoms with Crippen molar-refractivity contribution in [3.63, 3.8) is 0 Å². The Morgan fingerprint density at radius 2 is 1.47 bits per heavy atom. The minimum atomic E-state index is -0.305. The molecule has 0 atom stereocenters. The molecule has 1 saturated heterocycles. The minimum Gasteiger partial charge on any atom is -0.465 e. The zero-order valence-corrected chi connectivity index (χ0v) is 18.7. The predicted octanol–water partition coefficient (Wildman–Crippen LogP) is 6.11. The summed E-state index contributed by atoms with van der Waals surface area (Å²) in [4.78, 5) is 26.2. The fraction of sp³-hybridized carbons (Fsp3) is 0.680. The quantitative estimate of drug-likeness (QED) is 0.287. The number of carbonyl (C=O) groups excluding carboxylic acids is 2. The van der Waals surface area contributed by atoms with E-state index in [0.29, 0.717) is 32.5 Å². The summed E-state index contributed by atoms with van der Waals surface area (Å²) in [5, 5.41) is 0. The van der Waals surface area contributed by atoms with Gasteiger partial charge >= 0.3 is 12.1 Å². The van der Waals surface area contributed by atoms with E-state index in [-0.39, 0.29) is 24.6 Å². The van der Waals surface area contributed by atoms with Crippen LogP contribution in [0.25, 0.3) is 0 Å².